The monoisotopic (exact) mass is 486 g/mol. The first-order valence-corrected chi connectivity index (χ1v) is 12.5. The summed E-state index contributed by atoms with van der Waals surface area (Å²) >= 11 is 2.88. The molecule has 0 saturated carbocycles. The molecule has 0 amide bonds. The van der Waals surface area contributed by atoms with Gasteiger partial charge in [-0.3, -0.25) is 23.0 Å². The maximum atomic E-state index is 13.3. The van der Waals surface area contributed by atoms with Crippen LogP contribution in [-0.2, 0) is 12.3 Å². The van der Waals surface area contributed by atoms with Crippen LogP contribution in [0.3, 0.4) is 0 Å². The molecule has 0 saturated heterocycles. The van der Waals surface area contributed by atoms with E-state index in [4.69, 9.17) is 0 Å². The lowest BCUT2D eigenvalue weighted by Gasteiger charge is -2.11. The molecule has 34 heavy (non-hydrogen) atoms. The Balaban J connectivity index is 1.45. The quantitative estimate of drug-likeness (QED) is 0.345. The molecule has 4 heterocycles. The summed E-state index contributed by atoms with van der Waals surface area (Å²) in [6.45, 7) is 2.28. The molecule has 0 aliphatic carbocycles. The van der Waals surface area contributed by atoms with Crippen molar-refractivity contribution in [3.8, 4) is 0 Å². The van der Waals surface area contributed by atoms with Gasteiger partial charge in [0, 0.05) is 22.9 Å². The van der Waals surface area contributed by atoms with Crippen LogP contribution in [0.2, 0.25) is 0 Å². The zero-order valence-corrected chi connectivity index (χ0v) is 19.7. The number of para-hydroxylation sites is 1. The first-order valence-electron chi connectivity index (χ1n) is 10.6. The Labute approximate surface area is 201 Å². The highest BCUT2D eigenvalue weighted by Gasteiger charge is 2.17. The van der Waals surface area contributed by atoms with E-state index in [1.54, 1.807) is 15.0 Å². The number of hydrogen-bond donors (Lipinski definition) is 0. The van der Waals surface area contributed by atoms with E-state index in [0.29, 0.717) is 39.3 Å². The molecule has 168 valence electrons. The molecule has 0 aliphatic rings. The number of fused-ring (bicyclic) bond motifs is 4. The third-order valence-electron chi connectivity index (χ3n) is 5.64. The van der Waals surface area contributed by atoms with Crippen molar-refractivity contribution < 1.29 is 0 Å². The van der Waals surface area contributed by atoms with E-state index < -0.39 is 0 Å². The number of aromatic nitrogens is 6. The molecule has 10 heteroatoms. The van der Waals surface area contributed by atoms with E-state index >= 15 is 0 Å². The van der Waals surface area contributed by atoms with Gasteiger partial charge in [-0.2, -0.15) is 0 Å². The van der Waals surface area contributed by atoms with Crippen molar-refractivity contribution in [2.45, 2.75) is 24.4 Å². The number of thiazole rings is 1. The van der Waals surface area contributed by atoms with Crippen molar-refractivity contribution in [3.05, 3.63) is 104 Å². The Morgan fingerprint density at radius 3 is 2.62 bits per heavy atom. The van der Waals surface area contributed by atoms with Crippen LogP contribution in [0.25, 0.3) is 21.6 Å². The first-order chi connectivity index (χ1) is 16.6. The molecule has 0 atom stereocenters. The summed E-state index contributed by atoms with van der Waals surface area (Å²) in [6, 6.07) is 18.8. The largest absolute Gasteiger partial charge is 0.272 e. The molecule has 0 unspecified atom stereocenters. The fourth-order valence-electron chi connectivity index (χ4n) is 4.05. The van der Waals surface area contributed by atoms with Crippen LogP contribution in [-0.4, -0.2) is 28.5 Å². The second kappa shape index (κ2) is 8.23. The lowest BCUT2D eigenvalue weighted by molar-refractivity contribution is 0.764. The number of nitrogens with zero attached hydrogens (tertiary/aromatic N) is 6. The predicted molar refractivity (Wildman–Crippen MR) is 134 cm³/mol. The van der Waals surface area contributed by atoms with Crippen molar-refractivity contribution >= 4 is 44.7 Å². The van der Waals surface area contributed by atoms with Crippen molar-refractivity contribution in [1.82, 2.24) is 28.5 Å². The molecule has 0 radical (unpaired) electrons. The Kier molecular flexibility index (Phi) is 5.04. The maximum Gasteiger partial charge on any atom is 0.263 e. The molecule has 0 spiro atoms. The van der Waals surface area contributed by atoms with Gasteiger partial charge in [0.1, 0.15) is 0 Å². The minimum Gasteiger partial charge on any atom is -0.272 e. The van der Waals surface area contributed by atoms with Crippen LogP contribution in [0.4, 0.5) is 0 Å². The van der Waals surface area contributed by atoms with Gasteiger partial charge >= 0.3 is 0 Å². The Hall–Kier alpha value is -3.76. The van der Waals surface area contributed by atoms with Crippen LogP contribution >= 0.6 is 23.1 Å². The van der Waals surface area contributed by atoms with Crippen molar-refractivity contribution in [2.24, 2.45) is 0 Å². The minimum absolute atomic E-state index is 0.0902. The number of rotatable bonds is 5. The van der Waals surface area contributed by atoms with Crippen LogP contribution in [0.1, 0.15) is 17.0 Å². The first kappa shape index (κ1) is 20.8. The summed E-state index contributed by atoms with van der Waals surface area (Å²) < 4.78 is 5.17. The molecule has 8 nitrogen and oxygen atoms in total. The number of aryl methyl sites for hydroxylation is 1. The van der Waals surface area contributed by atoms with Crippen LogP contribution in [0, 0.1) is 6.92 Å². The Bertz CT molecular complexity index is 1800. The predicted octanol–water partition coefficient (Wildman–Crippen LogP) is 3.76. The minimum atomic E-state index is -0.107. The van der Waals surface area contributed by atoms with Gasteiger partial charge in [0.05, 0.1) is 23.1 Å². The maximum absolute atomic E-state index is 13.3. The van der Waals surface area contributed by atoms with Gasteiger partial charge in [-0.25, -0.2) is 4.98 Å². The van der Waals surface area contributed by atoms with E-state index in [2.05, 4.69) is 15.2 Å². The number of hydrogen-bond acceptors (Lipinski definition) is 7. The summed E-state index contributed by atoms with van der Waals surface area (Å²) in [7, 11) is 0. The molecule has 0 bridgehead atoms. The normalized spacial score (nSPS) is 11.7. The third kappa shape index (κ3) is 3.42. The van der Waals surface area contributed by atoms with Crippen LogP contribution < -0.4 is 11.1 Å². The van der Waals surface area contributed by atoms with Crippen molar-refractivity contribution in [1.29, 1.82) is 0 Å². The van der Waals surface area contributed by atoms with Crippen LogP contribution in [0.15, 0.2) is 80.8 Å². The van der Waals surface area contributed by atoms with Gasteiger partial charge in [-0.15, -0.1) is 21.5 Å². The van der Waals surface area contributed by atoms with Crippen molar-refractivity contribution in [3.63, 3.8) is 0 Å². The lowest BCUT2D eigenvalue weighted by atomic mass is 10.2. The molecule has 6 aromatic rings. The second-order valence-corrected chi connectivity index (χ2v) is 9.66. The second-order valence-electron chi connectivity index (χ2n) is 7.88. The highest BCUT2D eigenvalue weighted by molar-refractivity contribution is 7.98. The number of thioether (sulfide) groups is 1. The Morgan fingerprint density at radius 2 is 1.76 bits per heavy atom. The van der Waals surface area contributed by atoms with E-state index in [1.807, 2.05) is 71.3 Å². The van der Waals surface area contributed by atoms with Crippen molar-refractivity contribution in [2.75, 3.05) is 0 Å². The van der Waals surface area contributed by atoms with Gasteiger partial charge in [0.2, 0.25) is 5.78 Å². The van der Waals surface area contributed by atoms with E-state index in [9.17, 15) is 9.59 Å². The summed E-state index contributed by atoms with van der Waals surface area (Å²) in [4.78, 5) is 31.2. The van der Waals surface area contributed by atoms with E-state index in [0.717, 1.165) is 16.8 Å². The highest BCUT2D eigenvalue weighted by atomic mass is 32.2. The zero-order chi connectivity index (χ0) is 23.2. The van der Waals surface area contributed by atoms with E-state index in [1.165, 1.54) is 23.1 Å². The lowest BCUT2D eigenvalue weighted by Crippen LogP contribution is -2.24. The molecule has 0 N–H and O–H groups in total. The highest BCUT2D eigenvalue weighted by Crippen LogP contribution is 2.25. The Morgan fingerprint density at radius 1 is 0.971 bits per heavy atom. The van der Waals surface area contributed by atoms with Crippen LogP contribution in [0.5, 0.6) is 0 Å². The van der Waals surface area contributed by atoms with Gasteiger partial charge in [0.15, 0.2) is 10.1 Å². The van der Waals surface area contributed by atoms with Gasteiger partial charge < -0.3 is 0 Å². The zero-order valence-electron chi connectivity index (χ0n) is 18.1. The molecule has 0 aliphatic heterocycles. The molecule has 0 fully saturated rings. The molecular formula is C24H18N6O2S2. The SMILES string of the molecule is Cc1csc2nc(CSc3nnc4n(Cc5ccccc5)c(=O)c5ccccc5n34)cc(=O)n12. The third-order valence-corrected chi connectivity index (χ3v) is 7.55. The summed E-state index contributed by atoms with van der Waals surface area (Å²) in [5.41, 5.74) is 3.11. The molecular weight excluding hydrogens is 468 g/mol. The van der Waals surface area contributed by atoms with Gasteiger partial charge in [-0.05, 0) is 24.6 Å². The topological polar surface area (TPSA) is 86.6 Å². The summed E-state index contributed by atoms with van der Waals surface area (Å²) in [5.74, 6) is 0.933. The molecule has 2 aromatic carbocycles. The molecule has 4 aromatic heterocycles. The molecule has 6 rings (SSSR count). The standard InChI is InChI=1S/C24H18N6O2S2/c1-15-13-33-23-25-17(11-20(31)29(15)23)14-34-24-27-26-22-28(12-16-7-3-2-4-8-16)21(32)18-9-5-6-10-19(18)30(22)24/h2-11,13H,12,14H2,1H3. The average molecular weight is 487 g/mol. The summed E-state index contributed by atoms with van der Waals surface area (Å²) in [6.07, 6.45) is 0. The van der Waals surface area contributed by atoms with Gasteiger partial charge in [-0.1, -0.05) is 54.2 Å². The van der Waals surface area contributed by atoms with E-state index in [-0.39, 0.29) is 11.1 Å². The number of benzene rings is 2. The van der Waals surface area contributed by atoms with Gasteiger partial charge in [0.25, 0.3) is 11.1 Å². The summed E-state index contributed by atoms with van der Waals surface area (Å²) in [5, 5.41) is 11.9. The smallest absolute Gasteiger partial charge is 0.263 e. The fraction of sp³-hybridized carbons (Fsp3) is 0.125. The fourth-order valence-corrected chi connectivity index (χ4v) is 5.77. The average Bonchev–Trinajstić information content (AvgIpc) is 3.45.